The number of benzene rings is 2. The smallest absolute Gasteiger partial charge is 0.233 e. The van der Waals surface area contributed by atoms with Gasteiger partial charge in [0.15, 0.2) is 5.16 Å². The van der Waals surface area contributed by atoms with Gasteiger partial charge in [0.2, 0.25) is 5.91 Å². The molecule has 2 aromatic carbocycles. The normalized spacial score (nSPS) is 13.5. The van der Waals surface area contributed by atoms with E-state index in [0.717, 1.165) is 18.7 Å². The molecular weight excluding hydrogens is 368 g/mol. The van der Waals surface area contributed by atoms with E-state index in [1.165, 1.54) is 22.9 Å². The van der Waals surface area contributed by atoms with Gasteiger partial charge in [-0.15, -0.1) is 10.2 Å². The molecule has 5 nitrogen and oxygen atoms in total. The monoisotopic (exact) mass is 384 g/mol. The summed E-state index contributed by atoms with van der Waals surface area (Å²) in [7, 11) is 0. The third-order valence-corrected chi connectivity index (χ3v) is 5.57. The van der Waals surface area contributed by atoms with Crippen molar-refractivity contribution in [2.45, 2.75) is 18.1 Å². The van der Waals surface area contributed by atoms with E-state index in [4.69, 9.17) is 11.6 Å². The summed E-state index contributed by atoms with van der Waals surface area (Å²) < 4.78 is 1.84. The van der Waals surface area contributed by atoms with Gasteiger partial charge in [-0.3, -0.25) is 9.36 Å². The molecule has 132 valence electrons. The standard InChI is InChI=1S/C19H17ClN4OS/c20-16-6-3-7-17(10-16)24-13-21-22-19(24)26-12-18(25)23-9-8-14-4-1-2-5-15(14)11-23/h1-7,10,13H,8-9,11-12H2. The molecule has 0 spiro atoms. The molecule has 0 atom stereocenters. The molecule has 3 aromatic rings. The van der Waals surface area contributed by atoms with E-state index in [1.54, 1.807) is 6.33 Å². The zero-order valence-electron chi connectivity index (χ0n) is 14.0. The number of nitrogens with zero attached hydrogens (tertiary/aromatic N) is 4. The molecule has 4 rings (SSSR count). The Hall–Kier alpha value is -2.31. The lowest BCUT2D eigenvalue weighted by atomic mass is 10.00. The number of thioether (sulfide) groups is 1. The van der Waals surface area contributed by atoms with E-state index in [1.807, 2.05) is 39.8 Å². The minimum absolute atomic E-state index is 0.116. The molecular formula is C19H17ClN4OS. The molecule has 1 aromatic heterocycles. The first-order chi connectivity index (χ1) is 12.7. The van der Waals surface area contributed by atoms with Crippen LogP contribution in [0, 0.1) is 0 Å². The summed E-state index contributed by atoms with van der Waals surface area (Å²) in [6, 6.07) is 15.8. The molecule has 0 saturated heterocycles. The third kappa shape index (κ3) is 3.61. The molecule has 0 saturated carbocycles. The highest BCUT2D eigenvalue weighted by Gasteiger charge is 2.21. The minimum Gasteiger partial charge on any atom is -0.337 e. The van der Waals surface area contributed by atoms with Crippen molar-refractivity contribution in [3.05, 3.63) is 71.0 Å². The Kier molecular flexibility index (Phi) is 4.95. The molecule has 26 heavy (non-hydrogen) atoms. The van der Waals surface area contributed by atoms with Crippen molar-refractivity contribution in [3.8, 4) is 5.69 Å². The van der Waals surface area contributed by atoms with Crippen LogP contribution >= 0.6 is 23.4 Å². The van der Waals surface area contributed by atoms with E-state index in [2.05, 4.69) is 28.4 Å². The minimum atomic E-state index is 0.116. The second-order valence-corrected chi connectivity index (χ2v) is 7.47. The highest BCUT2D eigenvalue weighted by Crippen LogP contribution is 2.23. The fraction of sp³-hybridized carbons (Fsp3) is 0.211. The van der Waals surface area contributed by atoms with Gasteiger partial charge in [0.25, 0.3) is 0 Å². The van der Waals surface area contributed by atoms with Gasteiger partial charge in [0, 0.05) is 18.1 Å². The number of halogens is 1. The number of rotatable bonds is 4. The van der Waals surface area contributed by atoms with E-state index in [0.29, 0.717) is 22.5 Å². The summed E-state index contributed by atoms with van der Waals surface area (Å²) in [5, 5.41) is 9.44. The molecule has 2 heterocycles. The van der Waals surface area contributed by atoms with Crippen LogP contribution in [0.2, 0.25) is 5.02 Å². The second-order valence-electron chi connectivity index (χ2n) is 6.09. The largest absolute Gasteiger partial charge is 0.337 e. The van der Waals surface area contributed by atoms with Gasteiger partial charge in [0.1, 0.15) is 6.33 Å². The van der Waals surface area contributed by atoms with Crippen LogP contribution in [0.4, 0.5) is 0 Å². The second kappa shape index (κ2) is 7.51. The van der Waals surface area contributed by atoms with Crippen molar-refractivity contribution in [1.29, 1.82) is 0 Å². The zero-order valence-corrected chi connectivity index (χ0v) is 15.6. The number of hydrogen-bond donors (Lipinski definition) is 0. The van der Waals surface area contributed by atoms with Crippen LogP contribution in [0.3, 0.4) is 0 Å². The summed E-state index contributed by atoms with van der Waals surface area (Å²) in [4.78, 5) is 14.5. The van der Waals surface area contributed by atoms with Gasteiger partial charge < -0.3 is 4.90 Å². The first kappa shape index (κ1) is 17.1. The van der Waals surface area contributed by atoms with Crippen molar-refractivity contribution in [1.82, 2.24) is 19.7 Å². The molecule has 7 heteroatoms. The maximum Gasteiger partial charge on any atom is 0.233 e. The van der Waals surface area contributed by atoms with Crippen LogP contribution in [0.15, 0.2) is 60.0 Å². The summed E-state index contributed by atoms with van der Waals surface area (Å²) in [5.74, 6) is 0.451. The number of carbonyl (C=O) groups excluding carboxylic acids is 1. The molecule has 0 N–H and O–H groups in total. The molecule has 0 unspecified atom stereocenters. The van der Waals surface area contributed by atoms with Gasteiger partial charge in [0.05, 0.1) is 11.4 Å². The Morgan fingerprint density at radius 3 is 2.85 bits per heavy atom. The Balaban J connectivity index is 1.42. The molecule has 0 aliphatic carbocycles. The summed E-state index contributed by atoms with van der Waals surface area (Å²) in [6.07, 6.45) is 2.54. The lowest BCUT2D eigenvalue weighted by Gasteiger charge is -2.28. The van der Waals surface area contributed by atoms with Crippen molar-refractivity contribution >= 4 is 29.3 Å². The van der Waals surface area contributed by atoms with Crippen molar-refractivity contribution < 1.29 is 4.79 Å². The van der Waals surface area contributed by atoms with Crippen LogP contribution < -0.4 is 0 Å². The quantitative estimate of drug-likeness (QED) is 0.645. The number of carbonyl (C=O) groups is 1. The highest BCUT2D eigenvalue weighted by molar-refractivity contribution is 7.99. The number of aromatic nitrogens is 3. The fourth-order valence-electron chi connectivity index (χ4n) is 3.05. The number of fused-ring (bicyclic) bond motifs is 1. The van der Waals surface area contributed by atoms with Gasteiger partial charge in [-0.05, 0) is 35.7 Å². The Morgan fingerprint density at radius 1 is 1.15 bits per heavy atom. The van der Waals surface area contributed by atoms with Crippen molar-refractivity contribution in [2.24, 2.45) is 0 Å². The fourth-order valence-corrected chi connectivity index (χ4v) is 4.07. The number of hydrogen-bond acceptors (Lipinski definition) is 4. The molecule has 0 bridgehead atoms. The maximum absolute atomic E-state index is 12.6. The van der Waals surface area contributed by atoms with Gasteiger partial charge >= 0.3 is 0 Å². The predicted octanol–water partition coefficient (Wildman–Crippen LogP) is 3.60. The molecule has 0 fully saturated rings. The van der Waals surface area contributed by atoms with Crippen molar-refractivity contribution in [3.63, 3.8) is 0 Å². The third-order valence-electron chi connectivity index (χ3n) is 4.41. The molecule has 1 amide bonds. The average Bonchev–Trinajstić information content (AvgIpc) is 3.14. The summed E-state index contributed by atoms with van der Waals surface area (Å²) >= 11 is 7.46. The van der Waals surface area contributed by atoms with E-state index in [-0.39, 0.29) is 5.91 Å². The van der Waals surface area contributed by atoms with Crippen LogP contribution in [0.25, 0.3) is 5.69 Å². The SMILES string of the molecule is O=C(CSc1nncn1-c1cccc(Cl)c1)N1CCc2ccccc2C1. The lowest BCUT2D eigenvalue weighted by molar-refractivity contribution is -0.129. The highest BCUT2D eigenvalue weighted by atomic mass is 35.5. The molecule has 1 aliphatic heterocycles. The van der Waals surface area contributed by atoms with Crippen LogP contribution in [0.5, 0.6) is 0 Å². The first-order valence-corrected chi connectivity index (χ1v) is 9.70. The van der Waals surface area contributed by atoms with E-state index >= 15 is 0 Å². The molecule has 0 radical (unpaired) electrons. The van der Waals surface area contributed by atoms with E-state index in [9.17, 15) is 4.79 Å². The zero-order chi connectivity index (χ0) is 17.9. The Morgan fingerprint density at radius 2 is 2.00 bits per heavy atom. The topological polar surface area (TPSA) is 51.0 Å². The Bertz CT molecular complexity index is 943. The molecule has 1 aliphatic rings. The Labute approximate surface area is 161 Å². The number of amides is 1. The van der Waals surface area contributed by atoms with Crippen LogP contribution in [-0.4, -0.2) is 37.9 Å². The van der Waals surface area contributed by atoms with E-state index < -0.39 is 0 Å². The lowest BCUT2D eigenvalue weighted by Crippen LogP contribution is -2.37. The summed E-state index contributed by atoms with van der Waals surface area (Å²) in [5.41, 5.74) is 3.45. The predicted molar refractivity (Wildman–Crippen MR) is 103 cm³/mol. The van der Waals surface area contributed by atoms with Gasteiger partial charge in [-0.25, -0.2) is 0 Å². The van der Waals surface area contributed by atoms with Crippen LogP contribution in [0.1, 0.15) is 11.1 Å². The average molecular weight is 385 g/mol. The van der Waals surface area contributed by atoms with Gasteiger partial charge in [-0.1, -0.05) is 53.7 Å². The van der Waals surface area contributed by atoms with Gasteiger partial charge in [-0.2, -0.15) is 0 Å². The van der Waals surface area contributed by atoms with Crippen molar-refractivity contribution in [2.75, 3.05) is 12.3 Å². The van der Waals surface area contributed by atoms with Crippen LogP contribution in [-0.2, 0) is 17.8 Å². The maximum atomic E-state index is 12.6. The summed E-state index contributed by atoms with van der Waals surface area (Å²) in [6.45, 7) is 1.44. The first-order valence-electron chi connectivity index (χ1n) is 8.34.